The summed E-state index contributed by atoms with van der Waals surface area (Å²) in [5.41, 5.74) is 5.17. The van der Waals surface area contributed by atoms with Crippen LogP contribution in [0.1, 0.15) is 58.5 Å². The summed E-state index contributed by atoms with van der Waals surface area (Å²) in [7, 11) is 0. The predicted molar refractivity (Wildman–Crippen MR) is 114 cm³/mol. The topological polar surface area (TPSA) is 32.3 Å². The van der Waals surface area contributed by atoms with Crippen molar-refractivity contribution in [1.29, 1.82) is 0 Å². The van der Waals surface area contributed by atoms with E-state index >= 15 is 0 Å². The first-order valence-electron chi connectivity index (χ1n) is 10.2. The van der Waals surface area contributed by atoms with Crippen molar-refractivity contribution >= 4 is 17.2 Å². The largest absolute Gasteiger partial charge is 0.338 e. The van der Waals surface area contributed by atoms with Crippen LogP contribution in [0.2, 0.25) is 0 Å². The molecule has 2 aromatic rings. The Morgan fingerprint density at radius 1 is 1.11 bits per heavy atom. The number of piperidine rings is 1. The molecule has 1 aromatic heterocycles. The van der Waals surface area contributed by atoms with E-state index in [4.69, 9.17) is 0 Å². The van der Waals surface area contributed by atoms with Crippen LogP contribution in [0, 0.1) is 19.8 Å². The van der Waals surface area contributed by atoms with Crippen molar-refractivity contribution in [2.24, 2.45) is 5.92 Å². The van der Waals surface area contributed by atoms with Crippen LogP contribution in [0.4, 0.5) is 0 Å². The normalized spacial score (nSPS) is 21.0. The highest BCUT2D eigenvalue weighted by atomic mass is 32.1. The van der Waals surface area contributed by atoms with Gasteiger partial charge in [-0.3, -0.25) is 4.79 Å². The molecule has 2 saturated heterocycles. The first kappa shape index (κ1) is 18.7. The number of amides is 1. The fourth-order valence-corrected chi connectivity index (χ4v) is 5.69. The molecule has 1 N–H and O–H groups in total. The number of benzene rings is 1. The lowest BCUT2D eigenvalue weighted by molar-refractivity contribution is 0.0792. The third kappa shape index (κ3) is 3.83. The van der Waals surface area contributed by atoms with Crippen LogP contribution in [0.25, 0.3) is 10.4 Å². The Balaban J connectivity index is 1.57. The minimum absolute atomic E-state index is 0.220. The van der Waals surface area contributed by atoms with Crippen LogP contribution < -0.4 is 5.32 Å². The molecule has 3 nitrogen and oxygen atoms in total. The maximum absolute atomic E-state index is 12.9. The standard InChI is InChI=1S/C23H30N2OS/c1-15-8-11-25(14-15)23(26)22-17(3)13-21(27-22)20-5-4-19(12-16(20)2)18-6-9-24-10-7-18/h4-5,12-13,15,18,24H,6-11,14H2,1-3H3. The second-order valence-corrected chi connectivity index (χ2v) is 9.42. The molecule has 0 spiro atoms. The number of nitrogens with zero attached hydrogens (tertiary/aromatic N) is 1. The number of likely N-dealkylation sites (tertiary alicyclic amines) is 1. The number of carbonyl (C=O) groups is 1. The van der Waals surface area contributed by atoms with Gasteiger partial charge in [0.2, 0.25) is 0 Å². The molecule has 1 amide bonds. The lowest BCUT2D eigenvalue weighted by atomic mass is 9.88. The molecule has 2 fully saturated rings. The zero-order valence-electron chi connectivity index (χ0n) is 16.7. The quantitative estimate of drug-likeness (QED) is 0.812. The molecule has 4 rings (SSSR count). The number of nitrogens with one attached hydrogen (secondary N) is 1. The summed E-state index contributed by atoms with van der Waals surface area (Å²) in [6, 6.07) is 9.13. The van der Waals surface area contributed by atoms with Crippen molar-refractivity contribution in [3.63, 3.8) is 0 Å². The van der Waals surface area contributed by atoms with Crippen LogP contribution >= 0.6 is 11.3 Å². The highest BCUT2D eigenvalue weighted by Gasteiger charge is 2.27. The first-order chi connectivity index (χ1) is 13.0. The number of hydrogen-bond acceptors (Lipinski definition) is 3. The maximum atomic E-state index is 12.9. The molecule has 0 aliphatic carbocycles. The molecule has 144 valence electrons. The van der Waals surface area contributed by atoms with Gasteiger partial charge in [-0.1, -0.05) is 25.1 Å². The van der Waals surface area contributed by atoms with Crippen molar-refractivity contribution in [1.82, 2.24) is 10.2 Å². The van der Waals surface area contributed by atoms with Crippen LogP contribution in [0.15, 0.2) is 24.3 Å². The summed E-state index contributed by atoms with van der Waals surface area (Å²) in [4.78, 5) is 17.1. The molecule has 1 aromatic carbocycles. The third-order valence-electron chi connectivity index (χ3n) is 6.15. The smallest absolute Gasteiger partial charge is 0.264 e. The van der Waals surface area contributed by atoms with Gasteiger partial charge in [-0.15, -0.1) is 11.3 Å². The number of rotatable bonds is 3. The van der Waals surface area contributed by atoms with Crippen molar-refractivity contribution in [2.75, 3.05) is 26.2 Å². The van der Waals surface area contributed by atoms with E-state index in [1.54, 1.807) is 11.3 Å². The molecule has 4 heteroatoms. The van der Waals surface area contributed by atoms with Crippen molar-refractivity contribution in [2.45, 2.75) is 46.0 Å². The van der Waals surface area contributed by atoms with Crippen LogP contribution in [0.3, 0.4) is 0 Å². The monoisotopic (exact) mass is 382 g/mol. The van der Waals surface area contributed by atoms with Crippen molar-refractivity contribution < 1.29 is 4.79 Å². The zero-order chi connectivity index (χ0) is 19.0. The van der Waals surface area contributed by atoms with Crippen molar-refractivity contribution in [3.8, 4) is 10.4 Å². The van der Waals surface area contributed by atoms with Gasteiger partial charge >= 0.3 is 0 Å². The molecular weight excluding hydrogens is 352 g/mol. The predicted octanol–water partition coefficient (Wildman–Crippen LogP) is 4.98. The van der Waals surface area contributed by atoms with Crippen LogP contribution in [-0.2, 0) is 0 Å². The summed E-state index contributed by atoms with van der Waals surface area (Å²) in [5.74, 6) is 1.52. The zero-order valence-corrected chi connectivity index (χ0v) is 17.5. The summed E-state index contributed by atoms with van der Waals surface area (Å²) >= 11 is 1.66. The third-order valence-corrected chi connectivity index (χ3v) is 7.41. The highest BCUT2D eigenvalue weighted by molar-refractivity contribution is 7.17. The van der Waals surface area contributed by atoms with Gasteiger partial charge in [0.05, 0.1) is 4.88 Å². The molecule has 1 atom stereocenters. The Bertz CT molecular complexity index is 835. The minimum Gasteiger partial charge on any atom is -0.338 e. The fourth-order valence-electron chi connectivity index (χ4n) is 4.46. The Hall–Kier alpha value is -1.65. The van der Waals surface area contributed by atoms with E-state index in [-0.39, 0.29) is 5.91 Å². The minimum atomic E-state index is 0.220. The van der Waals surface area contributed by atoms with E-state index in [0.717, 1.165) is 43.0 Å². The van der Waals surface area contributed by atoms with E-state index in [1.165, 1.54) is 34.4 Å². The number of aryl methyl sites for hydroxylation is 2. The Labute approximate surface area is 166 Å². The Kier molecular flexibility index (Phi) is 5.38. The van der Waals surface area contributed by atoms with Gasteiger partial charge in [-0.05, 0) is 86.4 Å². The fraction of sp³-hybridized carbons (Fsp3) is 0.522. The lowest BCUT2D eigenvalue weighted by Gasteiger charge is -2.23. The molecule has 2 aliphatic rings. The van der Waals surface area contributed by atoms with Gasteiger partial charge in [-0.25, -0.2) is 0 Å². The molecule has 0 bridgehead atoms. The van der Waals surface area contributed by atoms with Crippen LogP contribution in [0.5, 0.6) is 0 Å². The first-order valence-corrected chi connectivity index (χ1v) is 11.1. The van der Waals surface area contributed by atoms with E-state index in [1.807, 2.05) is 4.90 Å². The van der Waals surface area contributed by atoms with Gasteiger partial charge in [0.1, 0.15) is 0 Å². The number of thiophene rings is 1. The summed E-state index contributed by atoms with van der Waals surface area (Å²) in [6.45, 7) is 10.6. The molecule has 27 heavy (non-hydrogen) atoms. The average Bonchev–Trinajstić information content (AvgIpc) is 3.27. The number of carbonyl (C=O) groups excluding carboxylic acids is 1. The van der Waals surface area contributed by atoms with E-state index < -0.39 is 0 Å². The molecular formula is C23H30N2OS. The van der Waals surface area contributed by atoms with E-state index in [9.17, 15) is 4.79 Å². The molecule has 0 saturated carbocycles. The van der Waals surface area contributed by atoms with Gasteiger partial charge in [0.15, 0.2) is 0 Å². The lowest BCUT2D eigenvalue weighted by Crippen LogP contribution is -2.28. The maximum Gasteiger partial charge on any atom is 0.264 e. The highest BCUT2D eigenvalue weighted by Crippen LogP contribution is 2.36. The van der Waals surface area contributed by atoms with Crippen molar-refractivity contribution in [3.05, 3.63) is 45.8 Å². The summed E-state index contributed by atoms with van der Waals surface area (Å²) < 4.78 is 0. The molecule has 1 unspecified atom stereocenters. The van der Waals surface area contributed by atoms with Gasteiger partial charge < -0.3 is 10.2 Å². The van der Waals surface area contributed by atoms with E-state index in [2.05, 4.69) is 50.4 Å². The Morgan fingerprint density at radius 3 is 2.56 bits per heavy atom. The van der Waals surface area contributed by atoms with Gasteiger partial charge in [-0.2, -0.15) is 0 Å². The molecule has 2 aliphatic heterocycles. The molecule has 0 radical (unpaired) electrons. The van der Waals surface area contributed by atoms with E-state index in [0.29, 0.717) is 11.8 Å². The Morgan fingerprint density at radius 2 is 1.89 bits per heavy atom. The second kappa shape index (κ2) is 7.76. The average molecular weight is 383 g/mol. The summed E-state index contributed by atoms with van der Waals surface area (Å²) in [5, 5.41) is 3.45. The van der Waals surface area contributed by atoms with Crippen LogP contribution in [-0.4, -0.2) is 37.0 Å². The van der Waals surface area contributed by atoms with Gasteiger partial charge in [0.25, 0.3) is 5.91 Å². The van der Waals surface area contributed by atoms with Gasteiger partial charge in [0, 0.05) is 18.0 Å². The SMILES string of the molecule is Cc1cc(C2CCNCC2)ccc1-c1cc(C)c(C(=O)N2CCC(C)C2)s1. The molecule has 3 heterocycles. The summed E-state index contributed by atoms with van der Waals surface area (Å²) in [6.07, 6.45) is 3.58. The second-order valence-electron chi connectivity index (χ2n) is 8.37. The number of hydrogen-bond donors (Lipinski definition) is 1.